The van der Waals surface area contributed by atoms with Crippen molar-refractivity contribution in [3.63, 3.8) is 0 Å². The lowest BCUT2D eigenvalue weighted by molar-refractivity contribution is -0.118. The summed E-state index contributed by atoms with van der Waals surface area (Å²) in [5.41, 5.74) is 1.67. The van der Waals surface area contributed by atoms with Crippen LogP contribution in [-0.2, 0) is 18.4 Å². The summed E-state index contributed by atoms with van der Waals surface area (Å²) in [4.78, 5) is 28.6. The Balaban J connectivity index is 1.63. The van der Waals surface area contributed by atoms with Gasteiger partial charge in [-0.1, -0.05) is 42.1 Å². The number of hydrogen-bond donors (Lipinski definition) is 1. The lowest BCUT2D eigenvalue weighted by atomic mass is 10.2. The molecule has 0 radical (unpaired) electrons. The van der Waals surface area contributed by atoms with Crippen LogP contribution in [0.25, 0.3) is 10.2 Å². The fourth-order valence-electron chi connectivity index (χ4n) is 2.07. The molecular formula is C16H15N3O2S2. The lowest BCUT2D eigenvalue weighted by Gasteiger charge is -2.08. The van der Waals surface area contributed by atoms with Crippen LogP contribution in [0.2, 0.25) is 0 Å². The zero-order chi connectivity index (χ0) is 16.2. The molecule has 0 fully saturated rings. The van der Waals surface area contributed by atoms with Gasteiger partial charge in [-0.05, 0) is 17.0 Å². The molecule has 2 heterocycles. The standard InChI is InChI=1S/C16H15N3O2S2/c1-19-15(21)14-12(7-8-22-14)18-16(19)23-10-13(20)17-9-11-5-3-2-4-6-11/h2-8H,9-10H2,1H3,(H,17,20). The highest BCUT2D eigenvalue weighted by molar-refractivity contribution is 7.99. The van der Waals surface area contributed by atoms with Crippen LogP contribution in [0.4, 0.5) is 0 Å². The Morgan fingerprint density at radius 3 is 2.87 bits per heavy atom. The van der Waals surface area contributed by atoms with Gasteiger partial charge in [0.2, 0.25) is 5.91 Å². The molecule has 0 aliphatic carbocycles. The predicted octanol–water partition coefficient (Wildman–Crippen LogP) is 2.40. The van der Waals surface area contributed by atoms with E-state index in [1.807, 2.05) is 41.8 Å². The van der Waals surface area contributed by atoms with E-state index in [0.717, 1.165) is 5.56 Å². The number of thioether (sulfide) groups is 1. The van der Waals surface area contributed by atoms with E-state index >= 15 is 0 Å². The van der Waals surface area contributed by atoms with Gasteiger partial charge in [0.15, 0.2) is 5.16 Å². The van der Waals surface area contributed by atoms with Crippen LogP contribution in [0.1, 0.15) is 5.56 Å². The van der Waals surface area contributed by atoms with E-state index in [2.05, 4.69) is 10.3 Å². The zero-order valence-corrected chi connectivity index (χ0v) is 14.1. The van der Waals surface area contributed by atoms with Crippen molar-refractivity contribution in [2.24, 2.45) is 7.05 Å². The number of benzene rings is 1. The fourth-order valence-corrected chi connectivity index (χ4v) is 3.68. The average molecular weight is 345 g/mol. The monoisotopic (exact) mass is 345 g/mol. The highest BCUT2D eigenvalue weighted by atomic mass is 32.2. The molecule has 5 nitrogen and oxygen atoms in total. The molecule has 118 valence electrons. The van der Waals surface area contributed by atoms with Crippen molar-refractivity contribution in [1.82, 2.24) is 14.9 Å². The maximum Gasteiger partial charge on any atom is 0.271 e. The molecule has 7 heteroatoms. The molecule has 0 aliphatic rings. The van der Waals surface area contributed by atoms with Crippen LogP contribution in [-0.4, -0.2) is 21.2 Å². The molecule has 0 saturated carbocycles. The number of rotatable bonds is 5. The second kappa shape index (κ2) is 6.97. The zero-order valence-electron chi connectivity index (χ0n) is 12.5. The number of amides is 1. The molecule has 0 atom stereocenters. The summed E-state index contributed by atoms with van der Waals surface area (Å²) < 4.78 is 2.14. The summed E-state index contributed by atoms with van der Waals surface area (Å²) in [6, 6.07) is 11.6. The van der Waals surface area contributed by atoms with Crippen LogP contribution < -0.4 is 10.9 Å². The number of fused-ring (bicyclic) bond motifs is 1. The molecule has 23 heavy (non-hydrogen) atoms. The highest BCUT2D eigenvalue weighted by Crippen LogP contribution is 2.19. The normalized spacial score (nSPS) is 10.8. The first-order chi connectivity index (χ1) is 11.1. The average Bonchev–Trinajstić information content (AvgIpc) is 3.04. The second-order valence-electron chi connectivity index (χ2n) is 4.94. The predicted molar refractivity (Wildman–Crippen MR) is 93.9 cm³/mol. The molecule has 1 N–H and O–H groups in total. The van der Waals surface area contributed by atoms with Crippen molar-refractivity contribution in [2.45, 2.75) is 11.7 Å². The summed E-state index contributed by atoms with van der Waals surface area (Å²) in [5.74, 6) is 0.140. The maximum absolute atomic E-state index is 12.2. The van der Waals surface area contributed by atoms with Crippen molar-refractivity contribution in [1.29, 1.82) is 0 Å². The first kappa shape index (κ1) is 15.8. The van der Waals surface area contributed by atoms with E-state index in [-0.39, 0.29) is 17.2 Å². The van der Waals surface area contributed by atoms with Crippen molar-refractivity contribution < 1.29 is 4.79 Å². The number of carbonyl (C=O) groups excluding carboxylic acids is 1. The number of aromatic nitrogens is 2. The first-order valence-corrected chi connectivity index (χ1v) is 8.89. The number of thiophene rings is 1. The minimum Gasteiger partial charge on any atom is -0.351 e. The summed E-state index contributed by atoms with van der Waals surface area (Å²) in [7, 11) is 1.68. The van der Waals surface area contributed by atoms with Gasteiger partial charge in [-0.25, -0.2) is 4.98 Å². The Bertz CT molecular complexity index is 887. The van der Waals surface area contributed by atoms with Crippen molar-refractivity contribution >= 4 is 39.2 Å². The molecule has 1 aromatic carbocycles. The summed E-state index contributed by atoms with van der Waals surface area (Å²) >= 11 is 2.65. The largest absolute Gasteiger partial charge is 0.351 e. The molecule has 1 amide bonds. The van der Waals surface area contributed by atoms with Crippen LogP contribution >= 0.6 is 23.1 Å². The number of nitrogens with one attached hydrogen (secondary N) is 1. The van der Waals surface area contributed by atoms with E-state index in [1.54, 1.807) is 7.05 Å². The SMILES string of the molecule is Cn1c(SCC(=O)NCc2ccccc2)nc2ccsc2c1=O. The molecule has 0 unspecified atom stereocenters. The van der Waals surface area contributed by atoms with E-state index < -0.39 is 0 Å². The molecule has 0 spiro atoms. The van der Waals surface area contributed by atoms with Crippen LogP contribution in [0.5, 0.6) is 0 Å². The quantitative estimate of drug-likeness (QED) is 0.570. The maximum atomic E-state index is 12.2. The van der Waals surface area contributed by atoms with E-state index in [0.29, 0.717) is 21.9 Å². The molecule has 0 aliphatic heterocycles. The third-order valence-electron chi connectivity index (χ3n) is 3.31. The van der Waals surface area contributed by atoms with Gasteiger partial charge in [-0.3, -0.25) is 14.2 Å². The highest BCUT2D eigenvalue weighted by Gasteiger charge is 2.11. The number of nitrogens with zero attached hydrogens (tertiary/aromatic N) is 2. The fraction of sp³-hybridized carbons (Fsp3) is 0.188. The topological polar surface area (TPSA) is 64.0 Å². The van der Waals surface area contributed by atoms with Gasteiger partial charge in [0.25, 0.3) is 5.56 Å². The summed E-state index contributed by atoms with van der Waals surface area (Å²) in [5, 5.41) is 5.26. The number of carbonyl (C=O) groups is 1. The van der Waals surface area contributed by atoms with E-state index in [1.165, 1.54) is 27.7 Å². The van der Waals surface area contributed by atoms with Crippen LogP contribution in [0.15, 0.2) is 51.7 Å². The van der Waals surface area contributed by atoms with Crippen LogP contribution in [0, 0.1) is 0 Å². The smallest absolute Gasteiger partial charge is 0.271 e. The Labute approximate surface area is 141 Å². The molecule has 0 bridgehead atoms. The van der Waals surface area contributed by atoms with Gasteiger partial charge >= 0.3 is 0 Å². The van der Waals surface area contributed by atoms with E-state index in [9.17, 15) is 9.59 Å². The summed E-state index contributed by atoms with van der Waals surface area (Å²) in [6.07, 6.45) is 0. The van der Waals surface area contributed by atoms with Crippen molar-refractivity contribution in [2.75, 3.05) is 5.75 Å². The Kier molecular flexibility index (Phi) is 4.78. The number of hydrogen-bond acceptors (Lipinski definition) is 5. The van der Waals surface area contributed by atoms with E-state index in [4.69, 9.17) is 0 Å². The van der Waals surface area contributed by atoms with Gasteiger partial charge in [0.1, 0.15) is 4.70 Å². The van der Waals surface area contributed by atoms with Gasteiger partial charge in [0.05, 0.1) is 11.3 Å². The van der Waals surface area contributed by atoms with Gasteiger partial charge in [-0.15, -0.1) is 11.3 Å². The van der Waals surface area contributed by atoms with Crippen molar-refractivity contribution in [3.05, 3.63) is 57.7 Å². The van der Waals surface area contributed by atoms with Gasteiger partial charge < -0.3 is 5.32 Å². The first-order valence-electron chi connectivity index (χ1n) is 7.03. The molecular weight excluding hydrogens is 330 g/mol. The molecule has 3 rings (SSSR count). The van der Waals surface area contributed by atoms with Gasteiger partial charge in [0, 0.05) is 13.6 Å². The Hall–Kier alpha value is -2.12. The van der Waals surface area contributed by atoms with Crippen LogP contribution in [0.3, 0.4) is 0 Å². The Morgan fingerprint density at radius 1 is 1.30 bits per heavy atom. The Morgan fingerprint density at radius 2 is 2.09 bits per heavy atom. The molecule has 2 aromatic heterocycles. The lowest BCUT2D eigenvalue weighted by Crippen LogP contribution is -2.25. The minimum absolute atomic E-state index is 0.0720. The minimum atomic E-state index is -0.0847. The third kappa shape index (κ3) is 3.62. The second-order valence-corrected chi connectivity index (χ2v) is 6.80. The van der Waals surface area contributed by atoms with Gasteiger partial charge in [-0.2, -0.15) is 0 Å². The van der Waals surface area contributed by atoms with Crippen molar-refractivity contribution in [3.8, 4) is 0 Å². The molecule has 0 saturated heterocycles. The summed E-state index contributed by atoms with van der Waals surface area (Å²) in [6.45, 7) is 0.496. The molecule has 3 aromatic rings. The third-order valence-corrected chi connectivity index (χ3v) is 5.23.